The first-order valence-electron chi connectivity index (χ1n) is 6.10. The minimum absolute atomic E-state index is 0.255. The van der Waals surface area contributed by atoms with E-state index in [2.05, 4.69) is 26.1 Å². The van der Waals surface area contributed by atoms with Crippen molar-refractivity contribution in [1.29, 1.82) is 0 Å². The van der Waals surface area contributed by atoms with Crippen molar-refractivity contribution in [2.75, 3.05) is 5.43 Å². The lowest BCUT2D eigenvalue weighted by Crippen LogP contribution is -2.48. The molecular formula is C12H19N5O3. The molecule has 0 saturated carbocycles. The van der Waals surface area contributed by atoms with Gasteiger partial charge in [0.2, 0.25) is 5.95 Å². The lowest BCUT2D eigenvalue weighted by Gasteiger charge is -2.21. The summed E-state index contributed by atoms with van der Waals surface area (Å²) in [6, 6.07) is 0.890. The first-order valence-corrected chi connectivity index (χ1v) is 6.10. The molecule has 2 amide bonds. The van der Waals surface area contributed by atoms with E-state index >= 15 is 0 Å². The van der Waals surface area contributed by atoms with Crippen molar-refractivity contribution in [3.8, 4) is 0 Å². The lowest BCUT2D eigenvalue weighted by molar-refractivity contribution is -0.122. The van der Waals surface area contributed by atoms with Crippen molar-refractivity contribution in [2.24, 2.45) is 0 Å². The molecule has 0 aliphatic rings. The fourth-order valence-corrected chi connectivity index (χ4v) is 1.14. The van der Waals surface area contributed by atoms with Crippen LogP contribution in [0.5, 0.6) is 0 Å². The van der Waals surface area contributed by atoms with Crippen LogP contribution in [-0.4, -0.2) is 33.6 Å². The van der Waals surface area contributed by atoms with Crippen molar-refractivity contribution in [2.45, 2.75) is 39.3 Å². The summed E-state index contributed by atoms with van der Waals surface area (Å²) in [4.78, 5) is 30.9. The third kappa shape index (κ3) is 5.98. The predicted octanol–water partition coefficient (Wildman–Crippen LogP) is 0.833. The summed E-state index contributed by atoms with van der Waals surface area (Å²) in [7, 11) is 0. The number of alkyl carbamates (subject to hydrolysis) is 1. The van der Waals surface area contributed by atoms with Gasteiger partial charge in [0.25, 0.3) is 5.91 Å². The molecule has 0 spiro atoms. The number of carbonyl (C=O) groups is 2. The smallest absolute Gasteiger partial charge is 0.408 e. The molecule has 0 aliphatic heterocycles. The second-order valence-corrected chi connectivity index (χ2v) is 5.05. The molecule has 1 rings (SSSR count). The third-order valence-corrected chi connectivity index (χ3v) is 1.99. The fourth-order valence-electron chi connectivity index (χ4n) is 1.14. The Morgan fingerprint density at radius 1 is 1.25 bits per heavy atom. The van der Waals surface area contributed by atoms with Gasteiger partial charge in [-0.3, -0.25) is 15.6 Å². The van der Waals surface area contributed by atoms with Crippen molar-refractivity contribution >= 4 is 17.9 Å². The molecule has 1 aromatic rings. The van der Waals surface area contributed by atoms with Gasteiger partial charge in [-0.15, -0.1) is 0 Å². The molecule has 0 saturated heterocycles. The number of rotatable bonds is 4. The number of hydrogen-bond acceptors (Lipinski definition) is 6. The minimum atomic E-state index is -0.763. The molecule has 8 heteroatoms. The van der Waals surface area contributed by atoms with Crippen LogP contribution in [0, 0.1) is 0 Å². The Hall–Kier alpha value is -2.38. The Labute approximate surface area is 117 Å². The Kier molecular flexibility index (Phi) is 5.24. The number of nitrogens with zero attached hydrogens (tertiary/aromatic N) is 2. The van der Waals surface area contributed by atoms with E-state index in [4.69, 9.17) is 4.74 Å². The van der Waals surface area contributed by atoms with Crippen molar-refractivity contribution in [1.82, 2.24) is 20.7 Å². The molecule has 20 heavy (non-hydrogen) atoms. The molecule has 1 atom stereocenters. The average Bonchev–Trinajstić information content (AvgIpc) is 2.34. The number of hydrazine groups is 1. The van der Waals surface area contributed by atoms with Crippen LogP contribution in [-0.2, 0) is 9.53 Å². The molecule has 1 aromatic heterocycles. The van der Waals surface area contributed by atoms with E-state index in [1.54, 1.807) is 26.8 Å². The zero-order chi connectivity index (χ0) is 15.2. The van der Waals surface area contributed by atoms with E-state index in [9.17, 15) is 9.59 Å². The third-order valence-electron chi connectivity index (χ3n) is 1.99. The number of hydrogen-bond donors (Lipinski definition) is 3. The van der Waals surface area contributed by atoms with Crippen LogP contribution in [0.25, 0.3) is 0 Å². The highest BCUT2D eigenvalue weighted by molar-refractivity contribution is 5.85. The number of aromatic nitrogens is 2. The van der Waals surface area contributed by atoms with Gasteiger partial charge in [-0.2, -0.15) is 0 Å². The summed E-state index contributed by atoms with van der Waals surface area (Å²) in [5, 5.41) is 2.42. The quantitative estimate of drug-likeness (QED) is 0.706. The predicted molar refractivity (Wildman–Crippen MR) is 72.6 cm³/mol. The van der Waals surface area contributed by atoms with Crippen LogP contribution < -0.4 is 16.2 Å². The first kappa shape index (κ1) is 15.7. The zero-order valence-electron chi connectivity index (χ0n) is 11.9. The van der Waals surface area contributed by atoms with Crippen LogP contribution in [0.3, 0.4) is 0 Å². The molecule has 1 heterocycles. The fraction of sp³-hybridized carbons (Fsp3) is 0.500. The van der Waals surface area contributed by atoms with Gasteiger partial charge in [-0.25, -0.2) is 14.8 Å². The highest BCUT2D eigenvalue weighted by Gasteiger charge is 2.20. The molecule has 0 aromatic carbocycles. The van der Waals surface area contributed by atoms with Gasteiger partial charge in [-0.05, 0) is 33.8 Å². The van der Waals surface area contributed by atoms with E-state index in [-0.39, 0.29) is 5.95 Å². The molecule has 0 fully saturated rings. The summed E-state index contributed by atoms with van der Waals surface area (Å²) in [6.45, 7) is 6.76. The SMILES string of the molecule is C[C@@H](NC(=O)OC(C)(C)C)C(=O)NNc1ncccn1. The number of ether oxygens (including phenoxy) is 1. The Balaban J connectivity index is 2.38. The van der Waals surface area contributed by atoms with Crippen LogP contribution >= 0.6 is 0 Å². The van der Waals surface area contributed by atoms with Crippen molar-refractivity contribution < 1.29 is 14.3 Å². The van der Waals surface area contributed by atoms with E-state index < -0.39 is 23.6 Å². The van der Waals surface area contributed by atoms with Crippen LogP contribution in [0.4, 0.5) is 10.7 Å². The molecular weight excluding hydrogens is 262 g/mol. The van der Waals surface area contributed by atoms with Crippen LogP contribution in [0.1, 0.15) is 27.7 Å². The van der Waals surface area contributed by atoms with Gasteiger partial charge < -0.3 is 10.1 Å². The molecule has 0 unspecified atom stereocenters. The van der Waals surface area contributed by atoms with Crippen molar-refractivity contribution in [3.63, 3.8) is 0 Å². The Bertz CT molecular complexity index is 458. The van der Waals surface area contributed by atoms with Crippen molar-refractivity contribution in [3.05, 3.63) is 18.5 Å². The number of anilines is 1. The molecule has 110 valence electrons. The van der Waals surface area contributed by atoms with Gasteiger partial charge in [0.05, 0.1) is 0 Å². The van der Waals surface area contributed by atoms with Gasteiger partial charge in [0.15, 0.2) is 0 Å². The van der Waals surface area contributed by atoms with Gasteiger partial charge in [-0.1, -0.05) is 0 Å². The monoisotopic (exact) mass is 281 g/mol. The second kappa shape index (κ2) is 6.69. The highest BCUT2D eigenvalue weighted by atomic mass is 16.6. The maximum absolute atomic E-state index is 11.7. The maximum atomic E-state index is 11.7. The van der Waals surface area contributed by atoms with E-state index in [0.29, 0.717) is 0 Å². The Morgan fingerprint density at radius 3 is 2.40 bits per heavy atom. The zero-order valence-corrected chi connectivity index (χ0v) is 11.9. The van der Waals surface area contributed by atoms with E-state index in [1.165, 1.54) is 19.3 Å². The summed E-state index contributed by atoms with van der Waals surface area (Å²) in [6.07, 6.45) is 2.41. The van der Waals surface area contributed by atoms with E-state index in [1.807, 2.05) is 0 Å². The van der Waals surface area contributed by atoms with Gasteiger partial charge in [0, 0.05) is 12.4 Å². The largest absolute Gasteiger partial charge is 0.444 e. The summed E-state index contributed by atoms with van der Waals surface area (Å²) in [5.74, 6) is -0.186. The standard InChI is InChI=1S/C12H19N5O3/c1-8(15-11(19)20-12(2,3)4)9(18)16-17-10-13-6-5-7-14-10/h5-8H,1-4H3,(H,15,19)(H,16,18)(H,13,14,17)/t8-/m1/s1. The maximum Gasteiger partial charge on any atom is 0.408 e. The normalized spacial score (nSPS) is 12.2. The van der Waals surface area contributed by atoms with Gasteiger partial charge in [0.1, 0.15) is 11.6 Å². The molecule has 3 N–H and O–H groups in total. The highest BCUT2D eigenvalue weighted by Crippen LogP contribution is 2.06. The topological polar surface area (TPSA) is 105 Å². The number of carbonyl (C=O) groups excluding carboxylic acids is 2. The number of nitrogens with one attached hydrogen (secondary N) is 3. The molecule has 0 radical (unpaired) electrons. The second-order valence-electron chi connectivity index (χ2n) is 5.05. The van der Waals surface area contributed by atoms with Gasteiger partial charge >= 0.3 is 6.09 Å². The minimum Gasteiger partial charge on any atom is -0.444 e. The molecule has 0 aliphatic carbocycles. The molecule has 0 bridgehead atoms. The summed E-state index contributed by atoms with van der Waals surface area (Å²) in [5.41, 5.74) is 4.30. The summed E-state index contributed by atoms with van der Waals surface area (Å²) >= 11 is 0. The Morgan fingerprint density at radius 2 is 1.85 bits per heavy atom. The number of amides is 2. The van der Waals surface area contributed by atoms with E-state index in [0.717, 1.165) is 0 Å². The summed E-state index contributed by atoms with van der Waals surface area (Å²) < 4.78 is 5.05. The average molecular weight is 281 g/mol. The first-order chi connectivity index (χ1) is 9.28. The van der Waals surface area contributed by atoms with Crippen LogP contribution in [0.2, 0.25) is 0 Å². The molecule has 8 nitrogen and oxygen atoms in total. The van der Waals surface area contributed by atoms with Crippen LogP contribution in [0.15, 0.2) is 18.5 Å². The lowest BCUT2D eigenvalue weighted by atomic mass is 10.2.